The molecule has 0 saturated carbocycles. The zero-order chi connectivity index (χ0) is 62.5. The first-order valence-corrected chi connectivity index (χ1v) is 32.3. The highest BCUT2D eigenvalue weighted by Gasteiger charge is 2.60. The monoisotopic (exact) mass is 1250 g/mol. The topological polar surface area (TPSA) is 365 Å². The number of carbonyl (C=O) groups is 3. The van der Waals surface area contributed by atoms with Crippen LogP contribution in [0.3, 0.4) is 0 Å². The number of aromatic nitrogens is 6. The fourth-order valence-electron chi connectivity index (χ4n) is 9.87. The van der Waals surface area contributed by atoms with Gasteiger partial charge in [0.15, 0.2) is 44.1 Å². The van der Waals surface area contributed by atoms with E-state index in [-0.39, 0.29) is 23.5 Å². The van der Waals surface area contributed by atoms with Crippen LogP contribution in [0.25, 0.3) is 11.2 Å². The molecule has 0 aliphatic carbocycles. The zero-order valence-corrected chi connectivity index (χ0v) is 51.2. The van der Waals surface area contributed by atoms with Crippen molar-refractivity contribution in [3.63, 3.8) is 0 Å². The number of nitrogens with zero attached hydrogens (tertiary/aromatic N) is 5. The van der Waals surface area contributed by atoms with E-state index < -0.39 is 138 Å². The maximum Gasteiger partial charge on any atom is 0.479 e. The number of amides is 1. The Kier molecular flexibility index (Phi) is 20.1. The third kappa shape index (κ3) is 14.1. The standard InChI is InChI=1S/C55H66N8O20P2Si/c1-31(64)58-52-60-48-41(49(69)61-52)57-30-63(48)50-45(78-33(3)66)42(77-32(2)65)39(79-50)29-76-85(71,72)83-84(75-28-14-26-56)81-43-44(80-51(62-27-25-40(67)59-53(62)70)46(43)82-86(9,10)54(4,5)6)47(68)55(34-15-12-11-13-16-34,35-17-21-37(73-7)22-18-35)36-19-23-38(74-8)24-20-36/h11-13,15-25,27,30,39,42-47,50-51,68H,14,28-29H2,1-10H3,(H,71,72)(H,59,67,70)(H2,58,60,61,64,69)/t39-,42-,43-,44+,45-,46-,47?,50-,51-,84?/m1/s1. The number of aliphatic hydroxyl groups is 1. The van der Waals surface area contributed by atoms with Crippen LogP contribution in [0.4, 0.5) is 5.95 Å². The fraction of sp³-hybridized carbons (Fsp3) is 0.436. The first kappa shape index (κ1) is 64.7. The van der Waals surface area contributed by atoms with Crippen molar-refractivity contribution >= 4 is 59.7 Å². The summed E-state index contributed by atoms with van der Waals surface area (Å²) in [6.07, 6.45) is -12.4. The van der Waals surface area contributed by atoms with Crippen molar-refractivity contribution in [2.24, 2.45) is 0 Å². The van der Waals surface area contributed by atoms with Crippen LogP contribution in [0.15, 0.2) is 112 Å². The number of H-pyrrole nitrogens is 2. The largest absolute Gasteiger partial charge is 0.497 e. The van der Waals surface area contributed by atoms with Crippen molar-refractivity contribution < 1.29 is 79.7 Å². The molecule has 2 aliphatic heterocycles. The van der Waals surface area contributed by atoms with Crippen LogP contribution in [0.2, 0.25) is 18.1 Å². The number of phosphoric ester groups is 1. The van der Waals surface area contributed by atoms with E-state index in [1.54, 1.807) is 78.9 Å². The van der Waals surface area contributed by atoms with E-state index in [9.17, 15) is 48.6 Å². The maximum atomic E-state index is 14.6. The molecule has 2 saturated heterocycles. The van der Waals surface area contributed by atoms with Gasteiger partial charge in [-0.05, 0) is 59.1 Å². The average molecular weight is 1250 g/mol. The lowest BCUT2D eigenvalue weighted by molar-refractivity contribution is -0.165. The molecule has 2 aliphatic rings. The van der Waals surface area contributed by atoms with Gasteiger partial charge in [0, 0.05) is 33.0 Å². The Labute approximate surface area is 494 Å². The summed E-state index contributed by atoms with van der Waals surface area (Å²) in [5.41, 5.74) is -3.03. The first-order chi connectivity index (χ1) is 40.7. The van der Waals surface area contributed by atoms with E-state index >= 15 is 0 Å². The first-order valence-electron chi connectivity index (χ1n) is 26.8. The number of aliphatic hydroxyl groups excluding tert-OH is 1. The number of benzene rings is 3. The second-order valence-electron chi connectivity index (χ2n) is 21.4. The number of aromatic amines is 2. The van der Waals surface area contributed by atoms with Crippen molar-refractivity contribution in [3.05, 3.63) is 145 Å². The lowest BCUT2D eigenvalue weighted by Gasteiger charge is -2.44. The third-order valence-electron chi connectivity index (χ3n) is 14.7. The van der Waals surface area contributed by atoms with E-state index in [0.29, 0.717) is 28.2 Å². The molecule has 3 aromatic carbocycles. The van der Waals surface area contributed by atoms with Gasteiger partial charge >= 0.3 is 34.1 Å². The molecule has 0 bridgehead atoms. The second-order valence-corrected chi connectivity index (χ2v) is 29.0. The van der Waals surface area contributed by atoms with Crippen molar-refractivity contribution in [1.29, 1.82) is 5.26 Å². The molecule has 0 radical (unpaired) electrons. The number of carbonyl (C=O) groups excluding carboxylic acids is 3. The molecule has 86 heavy (non-hydrogen) atoms. The summed E-state index contributed by atoms with van der Waals surface area (Å²) >= 11 is 0. The Hall–Kier alpha value is -7.29. The molecule has 2 fully saturated rings. The Morgan fingerprint density at radius 1 is 0.837 bits per heavy atom. The van der Waals surface area contributed by atoms with Crippen molar-refractivity contribution in [2.75, 3.05) is 32.8 Å². The number of anilines is 1. The van der Waals surface area contributed by atoms with Crippen LogP contribution in [0, 0.1) is 11.3 Å². The van der Waals surface area contributed by atoms with E-state index in [1.807, 2.05) is 39.9 Å². The van der Waals surface area contributed by atoms with Crippen molar-refractivity contribution in [3.8, 4) is 17.6 Å². The van der Waals surface area contributed by atoms with Gasteiger partial charge in [0.1, 0.15) is 42.0 Å². The van der Waals surface area contributed by atoms with Gasteiger partial charge in [-0.2, -0.15) is 10.2 Å². The van der Waals surface area contributed by atoms with Crippen LogP contribution in [-0.4, -0.2) is 135 Å². The Bertz CT molecular complexity index is 3620. The smallest absolute Gasteiger partial charge is 0.479 e. The number of fused-ring (bicyclic) bond motifs is 1. The molecular weight excluding hydrogens is 1180 g/mol. The van der Waals surface area contributed by atoms with E-state index in [1.165, 1.54) is 27.3 Å². The number of phosphoric acid groups is 1. The maximum absolute atomic E-state index is 14.6. The minimum Gasteiger partial charge on any atom is -0.497 e. The van der Waals surface area contributed by atoms with Gasteiger partial charge in [-0.25, -0.2) is 18.7 Å². The van der Waals surface area contributed by atoms with E-state index in [2.05, 4.69) is 25.3 Å². The number of rotatable bonds is 24. The number of nitrogens with one attached hydrogen (secondary N) is 3. The number of hydrogen-bond donors (Lipinski definition) is 5. The van der Waals surface area contributed by atoms with Gasteiger partial charge < -0.3 is 51.9 Å². The highest BCUT2D eigenvalue weighted by molar-refractivity contribution is 7.58. The molecule has 11 atom stereocenters. The molecule has 6 aromatic rings. The number of hydrogen-bond acceptors (Lipinski definition) is 22. The molecule has 5 N–H and O–H groups in total. The number of ether oxygens (including phenoxy) is 6. The number of esters is 2. The molecule has 3 unspecified atom stereocenters. The minimum absolute atomic E-state index is 0.187. The summed E-state index contributed by atoms with van der Waals surface area (Å²) in [5, 5.41) is 25.4. The Morgan fingerprint density at radius 2 is 1.43 bits per heavy atom. The van der Waals surface area contributed by atoms with Crippen LogP contribution in [-0.2, 0) is 65.6 Å². The summed E-state index contributed by atoms with van der Waals surface area (Å²) in [7, 11) is -8.95. The van der Waals surface area contributed by atoms with Crippen molar-refractivity contribution in [2.45, 2.75) is 127 Å². The number of nitriles is 1. The predicted molar refractivity (Wildman–Crippen MR) is 308 cm³/mol. The van der Waals surface area contributed by atoms with Gasteiger partial charge in [0.25, 0.3) is 11.1 Å². The molecular formula is C55H66N8O20P2Si. The molecule has 31 heteroatoms. The van der Waals surface area contributed by atoms with E-state index in [0.717, 1.165) is 35.4 Å². The SMILES string of the molecule is COc1ccc(C(c2ccccc2)(c2ccc(OC)cc2)C(O)[C@H]2O[C@@H](n3ccc(=O)[nH]c3=O)[C@H](O[Si](C)(C)C(C)(C)C)[C@@H]2OP(OCCC#N)OP(=O)(O)OC[C@H]2O[C@@H](n3cnc4c(=O)[nH]c(NC(C)=O)nc43)[C@H](OC(C)=O)[C@@H]2OC(C)=O)cc1. The highest BCUT2D eigenvalue weighted by Crippen LogP contribution is 2.61. The van der Waals surface area contributed by atoms with Crippen LogP contribution >= 0.6 is 16.4 Å². The lowest BCUT2D eigenvalue weighted by atomic mass is 9.64. The fourth-order valence-corrected chi connectivity index (χ4v) is 13.4. The second kappa shape index (κ2) is 26.8. The van der Waals surface area contributed by atoms with Gasteiger partial charge in [-0.15, -0.1) is 0 Å². The van der Waals surface area contributed by atoms with Gasteiger partial charge in [-0.3, -0.25) is 52.9 Å². The van der Waals surface area contributed by atoms with Crippen LogP contribution in [0.5, 0.6) is 11.5 Å². The van der Waals surface area contributed by atoms with E-state index in [4.69, 9.17) is 50.7 Å². The van der Waals surface area contributed by atoms with Gasteiger partial charge in [0.2, 0.25) is 11.9 Å². The quantitative estimate of drug-likeness (QED) is 0.0158. The molecule has 460 valence electrons. The molecule has 0 spiro atoms. The van der Waals surface area contributed by atoms with Crippen molar-refractivity contribution in [1.82, 2.24) is 29.1 Å². The summed E-state index contributed by atoms with van der Waals surface area (Å²) in [6, 6.07) is 25.8. The summed E-state index contributed by atoms with van der Waals surface area (Å²) < 4.78 is 83.8. The Balaban J connectivity index is 1.24. The predicted octanol–water partition coefficient (Wildman–Crippen LogP) is 5.77. The summed E-state index contributed by atoms with van der Waals surface area (Å²) in [6.45, 7) is 11.5. The molecule has 1 amide bonds. The van der Waals surface area contributed by atoms with Crippen LogP contribution in [0.1, 0.15) is 77.1 Å². The number of methoxy groups -OCH3 is 2. The minimum atomic E-state index is -5.57. The summed E-state index contributed by atoms with van der Waals surface area (Å²) in [4.78, 5) is 102. The third-order valence-corrected chi connectivity index (χ3v) is 21.9. The lowest BCUT2D eigenvalue weighted by Crippen LogP contribution is -2.54. The Morgan fingerprint density at radius 3 is 1.99 bits per heavy atom. The normalized spacial score (nSPS) is 22.1. The van der Waals surface area contributed by atoms with Gasteiger partial charge in [-0.1, -0.05) is 75.4 Å². The highest BCUT2D eigenvalue weighted by atomic mass is 31.3. The average Bonchev–Trinajstić information content (AvgIpc) is 1.26. The molecule has 3 aromatic heterocycles. The van der Waals surface area contributed by atoms with Crippen LogP contribution < -0.4 is 31.6 Å². The molecule has 5 heterocycles. The zero-order valence-electron chi connectivity index (χ0n) is 48.4. The molecule has 28 nitrogen and oxygen atoms in total. The number of imidazole rings is 1. The molecule has 8 rings (SSSR count). The summed E-state index contributed by atoms with van der Waals surface area (Å²) in [5.74, 6) is -1.69. The van der Waals surface area contributed by atoms with Gasteiger partial charge in [0.05, 0.1) is 51.7 Å².